The first-order valence-electron chi connectivity index (χ1n) is 11.2. The molecular formula is C24H32N2O5. The first-order valence-corrected chi connectivity index (χ1v) is 11.2. The average molecular weight is 429 g/mol. The Morgan fingerprint density at radius 1 is 1.03 bits per heavy atom. The Hall–Kier alpha value is -2.57. The summed E-state index contributed by atoms with van der Waals surface area (Å²) in [5, 5.41) is 5.37. The molecule has 4 fully saturated rings. The van der Waals surface area contributed by atoms with Crippen LogP contribution in [0.1, 0.15) is 50.5 Å². The van der Waals surface area contributed by atoms with E-state index in [9.17, 15) is 14.4 Å². The minimum Gasteiger partial charge on any atom is -0.495 e. The van der Waals surface area contributed by atoms with E-state index in [-0.39, 0.29) is 17.9 Å². The van der Waals surface area contributed by atoms with Crippen LogP contribution < -0.4 is 15.4 Å². The van der Waals surface area contributed by atoms with Gasteiger partial charge in [0.05, 0.1) is 12.8 Å². The molecule has 2 amide bonds. The molecule has 2 N–H and O–H groups in total. The number of methoxy groups -OCH3 is 1. The highest BCUT2D eigenvalue weighted by molar-refractivity contribution is 5.94. The Kier molecular flexibility index (Phi) is 6.21. The van der Waals surface area contributed by atoms with Gasteiger partial charge in [0.1, 0.15) is 12.3 Å². The van der Waals surface area contributed by atoms with Crippen molar-refractivity contribution in [3.8, 4) is 5.75 Å². The number of amides is 2. The Morgan fingerprint density at radius 3 is 2.29 bits per heavy atom. The fourth-order valence-electron chi connectivity index (χ4n) is 6.38. The maximum absolute atomic E-state index is 12.5. The average Bonchev–Trinajstić information content (AvgIpc) is 2.69. The SMILES string of the molecule is COc1ccc(C)cc1NC(=O)COC(=O)CNC(=O)CC12CC3CC(CC(C3)C1)C2. The monoisotopic (exact) mass is 428 g/mol. The number of ether oxygens (including phenoxy) is 2. The van der Waals surface area contributed by atoms with E-state index in [1.807, 2.05) is 13.0 Å². The Morgan fingerprint density at radius 2 is 1.68 bits per heavy atom. The van der Waals surface area contributed by atoms with Gasteiger partial charge in [0.15, 0.2) is 6.61 Å². The molecule has 7 heteroatoms. The molecule has 0 radical (unpaired) electrons. The van der Waals surface area contributed by atoms with Crippen LogP contribution in [-0.2, 0) is 19.1 Å². The summed E-state index contributed by atoms with van der Waals surface area (Å²) < 4.78 is 10.2. The molecule has 4 saturated carbocycles. The molecule has 31 heavy (non-hydrogen) atoms. The number of nitrogens with one attached hydrogen (secondary N) is 2. The van der Waals surface area contributed by atoms with E-state index in [1.54, 1.807) is 12.1 Å². The number of aryl methyl sites for hydroxylation is 1. The lowest BCUT2D eigenvalue weighted by atomic mass is 9.49. The van der Waals surface area contributed by atoms with Gasteiger partial charge in [-0.05, 0) is 86.3 Å². The van der Waals surface area contributed by atoms with E-state index in [1.165, 1.54) is 26.4 Å². The van der Waals surface area contributed by atoms with Gasteiger partial charge in [-0.25, -0.2) is 0 Å². The van der Waals surface area contributed by atoms with Crippen LogP contribution in [0.5, 0.6) is 5.75 Å². The quantitative estimate of drug-likeness (QED) is 0.620. The second-order valence-electron chi connectivity index (χ2n) is 9.78. The second kappa shape index (κ2) is 8.89. The summed E-state index contributed by atoms with van der Waals surface area (Å²) in [6.45, 7) is 1.27. The third kappa shape index (κ3) is 5.20. The number of esters is 1. The molecule has 168 valence electrons. The van der Waals surface area contributed by atoms with Crippen LogP contribution in [0.3, 0.4) is 0 Å². The van der Waals surface area contributed by atoms with Crippen LogP contribution in [0.2, 0.25) is 0 Å². The van der Waals surface area contributed by atoms with E-state index in [0.717, 1.165) is 42.6 Å². The van der Waals surface area contributed by atoms with E-state index >= 15 is 0 Å². The standard InChI is InChI=1S/C24H32N2O5/c1-15-3-4-20(30-2)19(5-15)26-22(28)14-31-23(29)13-25-21(27)12-24-9-16-6-17(10-24)8-18(7-16)11-24/h3-5,16-18H,6-14H2,1-2H3,(H,25,27)(H,26,28). The lowest BCUT2D eigenvalue weighted by molar-refractivity contribution is -0.147. The van der Waals surface area contributed by atoms with Crippen molar-refractivity contribution in [2.45, 2.75) is 51.9 Å². The van der Waals surface area contributed by atoms with Gasteiger partial charge < -0.3 is 20.1 Å². The molecule has 0 aliphatic heterocycles. The summed E-state index contributed by atoms with van der Waals surface area (Å²) in [5.41, 5.74) is 1.62. The van der Waals surface area contributed by atoms with Crippen molar-refractivity contribution in [1.29, 1.82) is 0 Å². The number of carbonyl (C=O) groups is 3. The summed E-state index contributed by atoms with van der Waals surface area (Å²) in [6.07, 6.45) is 7.97. The summed E-state index contributed by atoms with van der Waals surface area (Å²) in [4.78, 5) is 36.6. The van der Waals surface area contributed by atoms with Crippen molar-refractivity contribution in [3.05, 3.63) is 23.8 Å². The Balaban J connectivity index is 1.19. The number of rotatable bonds is 8. The van der Waals surface area contributed by atoms with Gasteiger partial charge >= 0.3 is 5.97 Å². The van der Waals surface area contributed by atoms with Crippen molar-refractivity contribution in [1.82, 2.24) is 5.32 Å². The van der Waals surface area contributed by atoms with Crippen molar-refractivity contribution < 1.29 is 23.9 Å². The van der Waals surface area contributed by atoms with Gasteiger partial charge in [-0.2, -0.15) is 0 Å². The fourth-order valence-corrected chi connectivity index (χ4v) is 6.38. The molecule has 0 atom stereocenters. The van der Waals surface area contributed by atoms with E-state index in [4.69, 9.17) is 9.47 Å². The van der Waals surface area contributed by atoms with E-state index in [0.29, 0.717) is 17.9 Å². The molecule has 1 aromatic carbocycles. The molecule has 5 rings (SSSR count). The minimum atomic E-state index is -0.620. The first-order chi connectivity index (χ1) is 14.8. The number of hydrogen-bond donors (Lipinski definition) is 2. The summed E-state index contributed by atoms with van der Waals surface area (Å²) >= 11 is 0. The van der Waals surface area contributed by atoms with Crippen LogP contribution in [0.25, 0.3) is 0 Å². The van der Waals surface area contributed by atoms with E-state index < -0.39 is 18.5 Å². The molecule has 4 bridgehead atoms. The second-order valence-corrected chi connectivity index (χ2v) is 9.78. The topological polar surface area (TPSA) is 93.7 Å². The third-order valence-corrected chi connectivity index (χ3v) is 7.12. The molecule has 0 spiro atoms. The molecule has 0 saturated heterocycles. The van der Waals surface area contributed by atoms with Crippen LogP contribution >= 0.6 is 0 Å². The van der Waals surface area contributed by atoms with E-state index in [2.05, 4.69) is 10.6 Å². The molecule has 7 nitrogen and oxygen atoms in total. The first kappa shape index (κ1) is 21.7. The molecule has 0 heterocycles. The lowest BCUT2D eigenvalue weighted by Gasteiger charge is -2.56. The van der Waals surface area contributed by atoms with Crippen molar-refractivity contribution in [2.75, 3.05) is 25.6 Å². The molecule has 4 aliphatic carbocycles. The van der Waals surface area contributed by atoms with Gasteiger partial charge in [-0.1, -0.05) is 6.07 Å². The van der Waals surface area contributed by atoms with Crippen LogP contribution in [0.4, 0.5) is 5.69 Å². The summed E-state index contributed by atoms with van der Waals surface area (Å²) in [7, 11) is 1.52. The number of anilines is 1. The third-order valence-electron chi connectivity index (χ3n) is 7.12. The zero-order valence-electron chi connectivity index (χ0n) is 18.4. The lowest BCUT2D eigenvalue weighted by Crippen LogP contribution is -2.48. The highest BCUT2D eigenvalue weighted by atomic mass is 16.5. The molecule has 0 aromatic heterocycles. The molecule has 0 unspecified atom stereocenters. The van der Waals surface area contributed by atoms with Crippen molar-refractivity contribution in [3.63, 3.8) is 0 Å². The van der Waals surface area contributed by atoms with Gasteiger partial charge in [0.2, 0.25) is 5.91 Å². The Labute approximate surface area is 183 Å². The number of hydrogen-bond acceptors (Lipinski definition) is 5. The summed E-state index contributed by atoms with van der Waals surface area (Å²) in [5.74, 6) is 1.72. The molecule has 4 aliphatic rings. The van der Waals surface area contributed by atoms with Gasteiger partial charge in [0, 0.05) is 6.42 Å². The molecular weight excluding hydrogens is 396 g/mol. The zero-order valence-corrected chi connectivity index (χ0v) is 18.4. The Bertz CT molecular complexity index is 830. The number of benzene rings is 1. The zero-order chi connectivity index (χ0) is 22.0. The highest BCUT2D eigenvalue weighted by Crippen LogP contribution is 2.61. The van der Waals surface area contributed by atoms with Crippen LogP contribution in [-0.4, -0.2) is 38.0 Å². The minimum absolute atomic E-state index is 0.0900. The van der Waals surface area contributed by atoms with Crippen molar-refractivity contribution in [2.24, 2.45) is 23.2 Å². The smallest absolute Gasteiger partial charge is 0.325 e. The highest BCUT2D eigenvalue weighted by Gasteiger charge is 2.51. The fraction of sp³-hybridized carbons (Fsp3) is 0.625. The van der Waals surface area contributed by atoms with Crippen LogP contribution in [0.15, 0.2) is 18.2 Å². The normalized spacial score (nSPS) is 28.1. The number of carbonyl (C=O) groups excluding carboxylic acids is 3. The molecule has 1 aromatic rings. The van der Waals surface area contributed by atoms with Crippen LogP contribution in [0, 0.1) is 30.1 Å². The van der Waals surface area contributed by atoms with Gasteiger partial charge in [-0.15, -0.1) is 0 Å². The van der Waals surface area contributed by atoms with Crippen molar-refractivity contribution >= 4 is 23.5 Å². The predicted molar refractivity (Wildman–Crippen MR) is 116 cm³/mol. The maximum Gasteiger partial charge on any atom is 0.325 e. The predicted octanol–water partition coefficient (Wildman–Crippen LogP) is 3.21. The largest absolute Gasteiger partial charge is 0.495 e. The van der Waals surface area contributed by atoms with Gasteiger partial charge in [-0.3, -0.25) is 14.4 Å². The maximum atomic E-state index is 12.5. The van der Waals surface area contributed by atoms with Gasteiger partial charge in [0.25, 0.3) is 5.91 Å². The summed E-state index contributed by atoms with van der Waals surface area (Å²) in [6, 6.07) is 5.42.